The van der Waals surface area contributed by atoms with Crippen molar-refractivity contribution in [1.82, 2.24) is 4.90 Å². The molecule has 4 nitrogen and oxygen atoms in total. The van der Waals surface area contributed by atoms with E-state index in [0.717, 1.165) is 12.1 Å². The number of aliphatic hydroxyl groups is 1. The van der Waals surface area contributed by atoms with Gasteiger partial charge in [0.15, 0.2) is 11.6 Å². The van der Waals surface area contributed by atoms with Crippen LogP contribution in [0.1, 0.15) is 18.4 Å². The van der Waals surface area contributed by atoms with Crippen molar-refractivity contribution in [2.45, 2.75) is 24.9 Å². The maximum absolute atomic E-state index is 13.1. The highest BCUT2D eigenvalue weighted by molar-refractivity contribution is 5.79. The summed E-state index contributed by atoms with van der Waals surface area (Å²) >= 11 is 0. The van der Waals surface area contributed by atoms with Crippen molar-refractivity contribution in [2.75, 3.05) is 13.1 Å². The fourth-order valence-corrected chi connectivity index (χ4v) is 2.30. The van der Waals surface area contributed by atoms with Crippen LogP contribution in [0.3, 0.4) is 0 Å². The third-order valence-corrected chi connectivity index (χ3v) is 3.43. The number of halogens is 2. The molecule has 0 radical (unpaired) electrons. The van der Waals surface area contributed by atoms with Gasteiger partial charge in [0.05, 0.1) is 31.1 Å². The largest absolute Gasteiger partial charge is 0.387 e. The molecular formula is C14H14F2N2O2. The van der Waals surface area contributed by atoms with Gasteiger partial charge in [-0.1, -0.05) is 6.07 Å². The lowest BCUT2D eigenvalue weighted by Crippen LogP contribution is -2.36. The minimum atomic E-state index is -1.15. The first-order valence-corrected chi connectivity index (χ1v) is 6.24. The molecule has 1 saturated heterocycles. The highest BCUT2D eigenvalue weighted by Crippen LogP contribution is 2.25. The summed E-state index contributed by atoms with van der Waals surface area (Å²) in [5.74, 6) is -2.21. The first kappa shape index (κ1) is 14.4. The van der Waals surface area contributed by atoms with Crippen molar-refractivity contribution in [3.05, 3.63) is 35.4 Å². The van der Waals surface area contributed by atoms with E-state index in [-0.39, 0.29) is 25.3 Å². The van der Waals surface area contributed by atoms with Crippen LogP contribution >= 0.6 is 0 Å². The lowest BCUT2D eigenvalue weighted by molar-refractivity contribution is -0.130. The molecule has 1 aliphatic rings. The summed E-state index contributed by atoms with van der Waals surface area (Å²) in [5.41, 5.74) is -0.775. The molecule has 1 atom stereocenters. The van der Waals surface area contributed by atoms with E-state index in [1.165, 1.54) is 11.0 Å². The summed E-state index contributed by atoms with van der Waals surface area (Å²) in [6, 6.07) is 5.22. The number of carbonyl (C=O) groups excluding carboxylic acids is 1. The van der Waals surface area contributed by atoms with Crippen molar-refractivity contribution in [3.63, 3.8) is 0 Å². The van der Waals surface area contributed by atoms with Gasteiger partial charge in [0.1, 0.15) is 0 Å². The Kier molecular flexibility index (Phi) is 4.00. The van der Waals surface area contributed by atoms with E-state index < -0.39 is 17.2 Å². The summed E-state index contributed by atoms with van der Waals surface area (Å²) in [7, 11) is 0. The molecule has 20 heavy (non-hydrogen) atoms. The molecule has 0 bridgehead atoms. The number of nitriles is 1. The Labute approximate surface area is 115 Å². The number of carbonyl (C=O) groups is 1. The predicted molar refractivity (Wildman–Crippen MR) is 66.4 cm³/mol. The van der Waals surface area contributed by atoms with Crippen LogP contribution < -0.4 is 0 Å². The Hall–Kier alpha value is -2.00. The molecule has 1 amide bonds. The average Bonchev–Trinajstić information content (AvgIpc) is 2.77. The van der Waals surface area contributed by atoms with Gasteiger partial charge >= 0.3 is 0 Å². The maximum atomic E-state index is 13.1. The first-order valence-electron chi connectivity index (χ1n) is 6.24. The normalized spacial score (nSPS) is 21.8. The van der Waals surface area contributed by atoms with Gasteiger partial charge in [-0.25, -0.2) is 8.78 Å². The number of hydrogen-bond donors (Lipinski definition) is 1. The fraction of sp³-hybridized carbons (Fsp3) is 0.429. The van der Waals surface area contributed by atoms with Gasteiger partial charge in [0, 0.05) is 6.54 Å². The molecular weight excluding hydrogens is 266 g/mol. The van der Waals surface area contributed by atoms with Crippen molar-refractivity contribution < 1.29 is 18.7 Å². The number of likely N-dealkylation sites (tertiary alicyclic amines) is 1. The molecule has 1 aliphatic heterocycles. The number of hydrogen-bond acceptors (Lipinski definition) is 3. The quantitative estimate of drug-likeness (QED) is 0.910. The summed E-state index contributed by atoms with van der Waals surface area (Å²) < 4.78 is 25.8. The molecule has 1 unspecified atom stereocenters. The average molecular weight is 280 g/mol. The van der Waals surface area contributed by atoms with Gasteiger partial charge in [-0.05, 0) is 24.1 Å². The van der Waals surface area contributed by atoms with E-state index in [4.69, 9.17) is 5.26 Å². The van der Waals surface area contributed by atoms with Crippen LogP contribution in [0.4, 0.5) is 8.78 Å². The van der Waals surface area contributed by atoms with Crippen LogP contribution in [-0.4, -0.2) is 34.6 Å². The van der Waals surface area contributed by atoms with Crippen molar-refractivity contribution in [2.24, 2.45) is 0 Å². The Morgan fingerprint density at radius 2 is 2.20 bits per heavy atom. The van der Waals surface area contributed by atoms with Gasteiger partial charge in [-0.15, -0.1) is 0 Å². The number of nitrogens with zero attached hydrogens (tertiary/aromatic N) is 2. The van der Waals surface area contributed by atoms with E-state index in [1.807, 2.05) is 6.07 Å². The lowest BCUT2D eigenvalue weighted by atomic mass is 10.0. The summed E-state index contributed by atoms with van der Waals surface area (Å²) in [4.78, 5) is 13.5. The van der Waals surface area contributed by atoms with E-state index in [9.17, 15) is 18.7 Å². The van der Waals surface area contributed by atoms with Gasteiger partial charge in [-0.3, -0.25) is 4.79 Å². The molecule has 1 N–H and O–H groups in total. The molecule has 1 heterocycles. The number of rotatable bonds is 3. The predicted octanol–water partition coefficient (Wildman–Crippen LogP) is 1.38. The number of β-amino-alcohol motifs (C(OH)–C–C–N with tert-alkyl or cyclic N) is 1. The molecule has 1 aromatic carbocycles. The molecule has 2 rings (SSSR count). The summed E-state index contributed by atoms with van der Waals surface area (Å²) in [6.07, 6.45) is 0.270. The second-order valence-electron chi connectivity index (χ2n) is 5.05. The molecule has 106 valence electrons. The third kappa shape index (κ3) is 3.11. The molecule has 6 heteroatoms. The summed E-state index contributed by atoms with van der Waals surface area (Å²) in [5, 5.41) is 18.6. The number of benzene rings is 1. The zero-order valence-electron chi connectivity index (χ0n) is 10.8. The fourth-order valence-electron chi connectivity index (χ4n) is 2.30. The lowest BCUT2D eigenvalue weighted by Gasteiger charge is -2.20. The van der Waals surface area contributed by atoms with E-state index in [1.54, 1.807) is 0 Å². The summed E-state index contributed by atoms with van der Waals surface area (Å²) in [6.45, 7) is 0.462. The van der Waals surface area contributed by atoms with Gasteiger partial charge in [-0.2, -0.15) is 5.26 Å². The van der Waals surface area contributed by atoms with E-state index in [0.29, 0.717) is 18.5 Å². The third-order valence-electron chi connectivity index (χ3n) is 3.43. The zero-order chi connectivity index (χ0) is 14.8. The van der Waals surface area contributed by atoms with Crippen molar-refractivity contribution in [3.8, 4) is 6.07 Å². The smallest absolute Gasteiger partial charge is 0.227 e. The highest BCUT2D eigenvalue weighted by Gasteiger charge is 2.37. The standard InChI is InChI=1S/C14H14F2N2O2/c15-11-2-1-10(7-12(11)16)8-13(19)18-6-4-14(20,9-18)3-5-17/h1-2,7,20H,3-4,6,8-9H2. The second-order valence-corrected chi connectivity index (χ2v) is 5.05. The van der Waals surface area contributed by atoms with Crippen LogP contribution in [0.2, 0.25) is 0 Å². The van der Waals surface area contributed by atoms with E-state index >= 15 is 0 Å². The Bertz CT molecular complexity index is 571. The molecule has 0 spiro atoms. The van der Waals surface area contributed by atoms with Gasteiger partial charge in [0.25, 0.3) is 0 Å². The maximum Gasteiger partial charge on any atom is 0.227 e. The van der Waals surface area contributed by atoms with Crippen molar-refractivity contribution in [1.29, 1.82) is 5.26 Å². The minimum Gasteiger partial charge on any atom is -0.387 e. The second kappa shape index (κ2) is 5.55. The minimum absolute atomic E-state index is 0.0258. The monoisotopic (exact) mass is 280 g/mol. The molecule has 0 saturated carbocycles. The highest BCUT2D eigenvalue weighted by atomic mass is 19.2. The molecule has 1 fully saturated rings. The zero-order valence-corrected chi connectivity index (χ0v) is 10.8. The Morgan fingerprint density at radius 3 is 2.85 bits per heavy atom. The number of amides is 1. The van der Waals surface area contributed by atoms with Crippen molar-refractivity contribution >= 4 is 5.91 Å². The topological polar surface area (TPSA) is 64.3 Å². The van der Waals surface area contributed by atoms with Crippen LogP contribution in [0.15, 0.2) is 18.2 Å². The molecule has 1 aromatic rings. The first-order chi connectivity index (χ1) is 9.43. The van der Waals surface area contributed by atoms with Crippen LogP contribution in [-0.2, 0) is 11.2 Å². The van der Waals surface area contributed by atoms with Gasteiger partial charge in [0.2, 0.25) is 5.91 Å². The van der Waals surface area contributed by atoms with Crippen LogP contribution in [0.25, 0.3) is 0 Å². The molecule has 0 aliphatic carbocycles. The van der Waals surface area contributed by atoms with Crippen LogP contribution in [0, 0.1) is 23.0 Å². The van der Waals surface area contributed by atoms with E-state index in [2.05, 4.69) is 0 Å². The Balaban J connectivity index is 1.99. The van der Waals surface area contributed by atoms with Crippen LogP contribution in [0.5, 0.6) is 0 Å². The molecule has 0 aromatic heterocycles. The Morgan fingerprint density at radius 1 is 1.45 bits per heavy atom. The SMILES string of the molecule is N#CCC1(O)CCN(C(=O)Cc2ccc(F)c(F)c2)C1. The van der Waals surface area contributed by atoms with Gasteiger partial charge < -0.3 is 10.0 Å².